The van der Waals surface area contributed by atoms with Crippen LogP contribution < -0.4 is 9.80 Å². The Morgan fingerprint density at radius 3 is 2.67 bits per heavy atom. The molecule has 0 saturated carbocycles. The molecular weight excluding hydrogens is 271 g/mol. The van der Waals surface area contributed by atoms with E-state index in [0.717, 1.165) is 5.69 Å². The van der Waals surface area contributed by atoms with E-state index in [1.807, 2.05) is 0 Å². The standard InChI is InChI=1S/C16H15FN2O2/c1-18(13-6-4-3-5-12(13)17)10-7-8-11-14(9-10)19(2)16(21)15(11)20/h3-9,15,20H,1-2H3. The molecule has 0 spiro atoms. The van der Waals surface area contributed by atoms with E-state index in [1.165, 1.54) is 11.0 Å². The Morgan fingerprint density at radius 1 is 1.24 bits per heavy atom. The molecule has 21 heavy (non-hydrogen) atoms. The number of rotatable bonds is 2. The lowest BCUT2D eigenvalue weighted by Crippen LogP contribution is -2.23. The summed E-state index contributed by atoms with van der Waals surface area (Å²) in [6.45, 7) is 0. The van der Waals surface area contributed by atoms with Crippen LogP contribution in [0.1, 0.15) is 11.7 Å². The summed E-state index contributed by atoms with van der Waals surface area (Å²) in [7, 11) is 3.37. The van der Waals surface area contributed by atoms with Gasteiger partial charge in [-0.3, -0.25) is 4.79 Å². The monoisotopic (exact) mass is 286 g/mol. The lowest BCUT2D eigenvalue weighted by molar-refractivity contribution is -0.125. The molecule has 0 aliphatic carbocycles. The van der Waals surface area contributed by atoms with Gasteiger partial charge in [-0.25, -0.2) is 4.39 Å². The summed E-state index contributed by atoms with van der Waals surface area (Å²) in [6.07, 6.45) is -1.11. The van der Waals surface area contributed by atoms with Crippen molar-refractivity contribution in [3.05, 3.63) is 53.8 Å². The molecule has 1 aliphatic rings. The molecule has 1 aliphatic heterocycles. The van der Waals surface area contributed by atoms with Crippen molar-refractivity contribution in [2.75, 3.05) is 23.9 Å². The molecule has 1 atom stereocenters. The Labute approximate surface area is 122 Å². The number of aliphatic hydroxyl groups is 1. The molecule has 1 amide bonds. The molecule has 1 N–H and O–H groups in total. The van der Waals surface area contributed by atoms with E-state index in [1.54, 1.807) is 55.4 Å². The van der Waals surface area contributed by atoms with Crippen molar-refractivity contribution in [2.24, 2.45) is 0 Å². The van der Waals surface area contributed by atoms with Gasteiger partial charge in [0.05, 0.1) is 11.4 Å². The number of halogens is 1. The van der Waals surface area contributed by atoms with Crippen LogP contribution >= 0.6 is 0 Å². The predicted octanol–water partition coefficient (Wildman–Crippen LogP) is 2.60. The largest absolute Gasteiger partial charge is 0.378 e. The predicted molar refractivity (Wildman–Crippen MR) is 79.3 cm³/mol. The number of hydrogen-bond acceptors (Lipinski definition) is 3. The van der Waals surface area contributed by atoms with E-state index in [9.17, 15) is 14.3 Å². The van der Waals surface area contributed by atoms with Crippen LogP contribution in [0.25, 0.3) is 0 Å². The molecule has 2 aromatic rings. The molecule has 5 heteroatoms. The molecule has 1 heterocycles. The van der Waals surface area contributed by atoms with Crippen molar-refractivity contribution in [3.8, 4) is 0 Å². The molecule has 0 bridgehead atoms. The fourth-order valence-corrected chi connectivity index (χ4v) is 2.56. The summed E-state index contributed by atoms with van der Waals surface area (Å²) in [4.78, 5) is 14.9. The summed E-state index contributed by atoms with van der Waals surface area (Å²) < 4.78 is 13.9. The van der Waals surface area contributed by atoms with E-state index in [4.69, 9.17) is 0 Å². The van der Waals surface area contributed by atoms with Crippen LogP contribution in [0.4, 0.5) is 21.5 Å². The molecule has 2 aromatic carbocycles. The zero-order valence-electron chi connectivity index (χ0n) is 11.7. The Morgan fingerprint density at radius 2 is 1.95 bits per heavy atom. The van der Waals surface area contributed by atoms with Gasteiger partial charge in [-0.1, -0.05) is 18.2 Å². The second kappa shape index (κ2) is 4.86. The molecule has 1 unspecified atom stereocenters. The van der Waals surface area contributed by atoms with Gasteiger partial charge < -0.3 is 14.9 Å². The Balaban J connectivity index is 2.03. The number of aliphatic hydroxyl groups excluding tert-OH is 1. The zero-order valence-corrected chi connectivity index (χ0v) is 11.7. The zero-order chi connectivity index (χ0) is 15.1. The van der Waals surface area contributed by atoms with E-state index < -0.39 is 6.10 Å². The van der Waals surface area contributed by atoms with Crippen LogP contribution in [-0.2, 0) is 4.79 Å². The minimum Gasteiger partial charge on any atom is -0.378 e. The van der Waals surface area contributed by atoms with Crippen LogP contribution in [0.3, 0.4) is 0 Å². The van der Waals surface area contributed by atoms with Crippen molar-refractivity contribution in [3.63, 3.8) is 0 Å². The Bertz CT molecular complexity index is 717. The molecule has 3 rings (SSSR count). The van der Waals surface area contributed by atoms with Crippen molar-refractivity contribution in [1.82, 2.24) is 0 Å². The number of likely N-dealkylation sites (N-methyl/N-ethyl adjacent to an activating group) is 1. The van der Waals surface area contributed by atoms with E-state index >= 15 is 0 Å². The van der Waals surface area contributed by atoms with Gasteiger partial charge in [-0.2, -0.15) is 0 Å². The fraction of sp³-hybridized carbons (Fsp3) is 0.188. The summed E-state index contributed by atoms with van der Waals surface area (Å²) in [5.74, 6) is -0.666. The van der Waals surface area contributed by atoms with Crippen LogP contribution in [0.15, 0.2) is 42.5 Å². The first-order valence-corrected chi connectivity index (χ1v) is 6.58. The van der Waals surface area contributed by atoms with Gasteiger partial charge in [-0.15, -0.1) is 0 Å². The van der Waals surface area contributed by atoms with Gasteiger partial charge in [0.1, 0.15) is 5.82 Å². The van der Waals surface area contributed by atoms with Crippen molar-refractivity contribution < 1.29 is 14.3 Å². The van der Waals surface area contributed by atoms with Crippen LogP contribution in [0.2, 0.25) is 0 Å². The maximum Gasteiger partial charge on any atom is 0.260 e. The van der Waals surface area contributed by atoms with Gasteiger partial charge in [0, 0.05) is 25.3 Å². The van der Waals surface area contributed by atoms with Crippen LogP contribution in [0.5, 0.6) is 0 Å². The van der Waals surface area contributed by atoms with Gasteiger partial charge in [0.15, 0.2) is 6.10 Å². The average molecular weight is 286 g/mol. The smallest absolute Gasteiger partial charge is 0.260 e. The summed E-state index contributed by atoms with van der Waals surface area (Å²) in [5, 5.41) is 9.85. The fourth-order valence-electron chi connectivity index (χ4n) is 2.56. The van der Waals surface area contributed by atoms with Crippen molar-refractivity contribution in [2.45, 2.75) is 6.10 Å². The maximum atomic E-state index is 13.9. The average Bonchev–Trinajstić information content (AvgIpc) is 2.71. The van der Waals surface area contributed by atoms with E-state index in [2.05, 4.69) is 0 Å². The Hall–Kier alpha value is -2.40. The Kier molecular flexibility index (Phi) is 3.14. The van der Waals surface area contributed by atoms with E-state index in [-0.39, 0.29) is 11.7 Å². The number of carbonyl (C=O) groups excluding carboxylic acids is 1. The first-order valence-electron chi connectivity index (χ1n) is 6.58. The normalized spacial score (nSPS) is 17.0. The third-order valence-corrected chi connectivity index (χ3v) is 3.84. The minimum absolute atomic E-state index is 0.315. The topological polar surface area (TPSA) is 43.8 Å². The first-order chi connectivity index (χ1) is 10.0. The number of amides is 1. The van der Waals surface area contributed by atoms with Crippen LogP contribution in [0, 0.1) is 5.82 Å². The summed E-state index contributed by atoms with van der Waals surface area (Å²) >= 11 is 0. The lowest BCUT2D eigenvalue weighted by atomic mass is 10.1. The number of hydrogen-bond donors (Lipinski definition) is 1. The molecule has 0 radical (unpaired) electrons. The second-order valence-electron chi connectivity index (χ2n) is 5.05. The lowest BCUT2D eigenvalue weighted by Gasteiger charge is -2.21. The first kappa shape index (κ1) is 13.6. The highest BCUT2D eigenvalue weighted by Gasteiger charge is 2.33. The molecule has 0 fully saturated rings. The quantitative estimate of drug-likeness (QED) is 0.923. The number of fused-ring (bicyclic) bond motifs is 1. The van der Waals surface area contributed by atoms with Gasteiger partial charge >= 0.3 is 0 Å². The highest BCUT2D eigenvalue weighted by atomic mass is 19.1. The van der Waals surface area contributed by atoms with Crippen molar-refractivity contribution in [1.29, 1.82) is 0 Å². The van der Waals surface area contributed by atoms with Crippen molar-refractivity contribution >= 4 is 23.0 Å². The van der Waals surface area contributed by atoms with Gasteiger partial charge in [0.25, 0.3) is 5.91 Å². The number of nitrogens with zero attached hydrogens (tertiary/aromatic N) is 2. The second-order valence-corrected chi connectivity index (χ2v) is 5.05. The summed E-state index contributed by atoms with van der Waals surface area (Å²) in [5.41, 5.74) is 2.42. The molecular formula is C16H15FN2O2. The highest BCUT2D eigenvalue weighted by molar-refractivity contribution is 6.04. The number of para-hydroxylation sites is 1. The van der Waals surface area contributed by atoms with E-state index in [0.29, 0.717) is 16.9 Å². The molecule has 108 valence electrons. The third kappa shape index (κ3) is 2.06. The highest BCUT2D eigenvalue weighted by Crippen LogP contribution is 2.38. The number of benzene rings is 2. The molecule has 0 saturated heterocycles. The molecule has 0 aromatic heterocycles. The third-order valence-electron chi connectivity index (χ3n) is 3.84. The number of anilines is 3. The van der Waals surface area contributed by atoms with Gasteiger partial charge in [-0.05, 0) is 24.3 Å². The maximum absolute atomic E-state index is 13.9. The summed E-state index contributed by atoms with van der Waals surface area (Å²) in [6, 6.07) is 11.7. The SMILES string of the molecule is CN1C(=O)C(O)c2ccc(N(C)c3ccccc3F)cc21. The number of carbonyl (C=O) groups is 1. The minimum atomic E-state index is -1.11. The molecule has 4 nitrogen and oxygen atoms in total. The van der Waals surface area contributed by atoms with Crippen LogP contribution in [-0.4, -0.2) is 25.1 Å². The van der Waals surface area contributed by atoms with Gasteiger partial charge in [0.2, 0.25) is 0 Å².